The van der Waals surface area contributed by atoms with E-state index >= 15 is 0 Å². The number of pyridine rings is 1. The van der Waals surface area contributed by atoms with Crippen LogP contribution in [0.2, 0.25) is 5.02 Å². The standard InChI is InChI=1S/C11H13ClN2OS/c1-16-11(3-4-11)7-14-10(15)8-6-13-5-2-9(8)12/h2,5-6H,3-4,7H2,1H3,(H,14,15). The van der Waals surface area contributed by atoms with Gasteiger partial charge in [0.05, 0.1) is 10.6 Å². The van der Waals surface area contributed by atoms with Crippen molar-refractivity contribution in [2.75, 3.05) is 12.8 Å². The predicted octanol–water partition coefficient (Wildman–Crippen LogP) is 2.36. The van der Waals surface area contributed by atoms with E-state index in [1.807, 2.05) is 11.8 Å². The van der Waals surface area contributed by atoms with Crippen molar-refractivity contribution in [3.8, 4) is 0 Å². The zero-order valence-corrected chi connectivity index (χ0v) is 10.6. The summed E-state index contributed by atoms with van der Waals surface area (Å²) in [5.74, 6) is -0.140. The van der Waals surface area contributed by atoms with Crippen molar-refractivity contribution in [1.82, 2.24) is 10.3 Å². The number of carbonyl (C=O) groups excluding carboxylic acids is 1. The Morgan fingerprint density at radius 1 is 1.69 bits per heavy atom. The van der Waals surface area contributed by atoms with E-state index in [0.717, 1.165) is 0 Å². The van der Waals surface area contributed by atoms with Gasteiger partial charge in [0.1, 0.15) is 0 Å². The van der Waals surface area contributed by atoms with E-state index in [1.165, 1.54) is 19.0 Å². The maximum absolute atomic E-state index is 11.8. The van der Waals surface area contributed by atoms with Gasteiger partial charge in [-0.3, -0.25) is 9.78 Å². The minimum Gasteiger partial charge on any atom is -0.351 e. The molecule has 0 aromatic carbocycles. The molecule has 1 amide bonds. The first-order valence-corrected chi connectivity index (χ1v) is 6.70. The molecule has 3 nitrogen and oxygen atoms in total. The highest BCUT2D eigenvalue weighted by Gasteiger charge is 2.42. The quantitative estimate of drug-likeness (QED) is 0.899. The first-order valence-electron chi connectivity index (χ1n) is 5.10. The molecule has 1 heterocycles. The van der Waals surface area contributed by atoms with E-state index in [-0.39, 0.29) is 10.7 Å². The minimum atomic E-state index is -0.140. The molecule has 1 fully saturated rings. The van der Waals surface area contributed by atoms with Crippen LogP contribution in [0.5, 0.6) is 0 Å². The molecule has 16 heavy (non-hydrogen) atoms. The molecule has 1 saturated carbocycles. The highest BCUT2D eigenvalue weighted by Crippen LogP contribution is 2.46. The molecule has 1 N–H and O–H groups in total. The highest BCUT2D eigenvalue weighted by atomic mass is 35.5. The first-order chi connectivity index (χ1) is 7.67. The molecule has 0 aliphatic heterocycles. The van der Waals surface area contributed by atoms with E-state index < -0.39 is 0 Å². The topological polar surface area (TPSA) is 42.0 Å². The number of halogens is 1. The number of nitrogens with one attached hydrogen (secondary N) is 1. The summed E-state index contributed by atoms with van der Waals surface area (Å²) < 4.78 is 0.268. The van der Waals surface area contributed by atoms with Gasteiger partial charge in [-0.2, -0.15) is 11.8 Å². The Balaban J connectivity index is 1.96. The third-order valence-corrected chi connectivity index (χ3v) is 4.57. The third-order valence-electron chi connectivity index (χ3n) is 2.82. The zero-order chi connectivity index (χ0) is 11.6. The molecule has 1 aliphatic carbocycles. The van der Waals surface area contributed by atoms with Crippen molar-refractivity contribution in [3.63, 3.8) is 0 Å². The van der Waals surface area contributed by atoms with E-state index in [9.17, 15) is 4.79 Å². The predicted molar refractivity (Wildman–Crippen MR) is 67.1 cm³/mol. The summed E-state index contributed by atoms with van der Waals surface area (Å²) in [6.07, 6.45) is 7.50. The van der Waals surface area contributed by atoms with Crippen LogP contribution in [-0.4, -0.2) is 28.4 Å². The van der Waals surface area contributed by atoms with Gasteiger partial charge in [-0.15, -0.1) is 0 Å². The van der Waals surface area contributed by atoms with Gasteiger partial charge in [0.15, 0.2) is 0 Å². The molecule has 0 radical (unpaired) electrons. The Kier molecular flexibility index (Phi) is 3.40. The van der Waals surface area contributed by atoms with Crippen molar-refractivity contribution in [3.05, 3.63) is 29.0 Å². The summed E-state index contributed by atoms with van der Waals surface area (Å²) in [6, 6.07) is 1.62. The van der Waals surface area contributed by atoms with Gasteiger partial charge in [0.25, 0.3) is 5.91 Å². The summed E-state index contributed by atoms with van der Waals surface area (Å²) >= 11 is 7.73. The largest absolute Gasteiger partial charge is 0.351 e. The van der Waals surface area contributed by atoms with Gasteiger partial charge in [0, 0.05) is 23.7 Å². The zero-order valence-electron chi connectivity index (χ0n) is 9.00. The minimum absolute atomic E-state index is 0.140. The molecule has 0 atom stereocenters. The number of hydrogen-bond acceptors (Lipinski definition) is 3. The maximum Gasteiger partial charge on any atom is 0.254 e. The van der Waals surface area contributed by atoms with Gasteiger partial charge in [-0.25, -0.2) is 0 Å². The lowest BCUT2D eigenvalue weighted by atomic mass is 10.2. The molecule has 86 valence electrons. The fraction of sp³-hybridized carbons (Fsp3) is 0.455. The van der Waals surface area contributed by atoms with E-state index in [1.54, 1.807) is 12.3 Å². The first kappa shape index (κ1) is 11.7. The van der Waals surface area contributed by atoms with Crippen molar-refractivity contribution in [2.45, 2.75) is 17.6 Å². The molecular formula is C11H13ClN2OS. The fourth-order valence-electron chi connectivity index (χ4n) is 1.47. The van der Waals surface area contributed by atoms with Crippen LogP contribution in [0.4, 0.5) is 0 Å². The fourth-order valence-corrected chi connectivity index (χ4v) is 2.39. The molecule has 1 aliphatic rings. The summed E-state index contributed by atoms with van der Waals surface area (Å²) in [7, 11) is 0. The summed E-state index contributed by atoms with van der Waals surface area (Å²) in [4.78, 5) is 15.7. The van der Waals surface area contributed by atoms with Gasteiger partial charge in [-0.1, -0.05) is 11.6 Å². The number of hydrogen-bond donors (Lipinski definition) is 1. The molecule has 5 heteroatoms. The Bertz CT molecular complexity index is 407. The van der Waals surface area contributed by atoms with E-state index in [0.29, 0.717) is 17.1 Å². The number of carbonyl (C=O) groups is 1. The number of aromatic nitrogens is 1. The number of nitrogens with zero attached hydrogens (tertiary/aromatic N) is 1. The van der Waals surface area contributed by atoms with Crippen LogP contribution in [0.1, 0.15) is 23.2 Å². The second-order valence-electron chi connectivity index (χ2n) is 3.93. The molecule has 1 aromatic rings. The summed E-state index contributed by atoms with van der Waals surface area (Å²) in [5.41, 5.74) is 0.445. The van der Waals surface area contributed by atoms with Crippen LogP contribution in [0, 0.1) is 0 Å². The molecule has 0 saturated heterocycles. The SMILES string of the molecule is CSC1(CNC(=O)c2cnccc2Cl)CC1. The van der Waals surface area contributed by atoms with Crippen LogP contribution in [0.3, 0.4) is 0 Å². The number of thioether (sulfide) groups is 1. The summed E-state index contributed by atoms with van der Waals surface area (Å²) in [6.45, 7) is 0.707. The van der Waals surface area contributed by atoms with Gasteiger partial charge < -0.3 is 5.32 Å². The molecule has 2 rings (SSSR count). The number of rotatable bonds is 4. The Labute approximate surface area is 104 Å². The highest BCUT2D eigenvalue weighted by molar-refractivity contribution is 8.00. The molecule has 1 aromatic heterocycles. The normalized spacial score (nSPS) is 16.9. The molecular weight excluding hydrogens is 244 g/mol. The van der Waals surface area contributed by atoms with Crippen LogP contribution >= 0.6 is 23.4 Å². The monoisotopic (exact) mass is 256 g/mol. The van der Waals surface area contributed by atoms with Gasteiger partial charge in [0.2, 0.25) is 0 Å². The average molecular weight is 257 g/mol. The molecule has 0 unspecified atom stereocenters. The maximum atomic E-state index is 11.8. The van der Waals surface area contributed by atoms with Crippen molar-refractivity contribution < 1.29 is 4.79 Å². The van der Waals surface area contributed by atoms with Crippen LogP contribution in [0.15, 0.2) is 18.5 Å². The second kappa shape index (κ2) is 4.63. The number of amides is 1. The third kappa shape index (κ3) is 2.50. The van der Waals surface area contributed by atoms with E-state index in [4.69, 9.17) is 11.6 Å². The smallest absolute Gasteiger partial charge is 0.254 e. The van der Waals surface area contributed by atoms with Crippen LogP contribution in [0.25, 0.3) is 0 Å². The molecule has 0 spiro atoms. The average Bonchev–Trinajstić information content (AvgIpc) is 3.07. The second-order valence-corrected chi connectivity index (χ2v) is 5.61. The van der Waals surface area contributed by atoms with Crippen molar-refractivity contribution >= 4 is 29.3 Å². The van der Waals surface area contributed by atoms with Crippen LogP contribution < -0.4 is 5.32 Å². The van der Waals surface area contributed by atoms with Crippen molar-refractivity contribution in [1.29, 1.82) is 0 Å². The molecule has 0 bridgehead atoms. The summed E-state index contributed by atoms with van der Waals surface area (Å²) in [5, 5.41) is 3.36. The Hall–Kier alpha value is -0.740. The lowest BCUT2D eigenvalue weighted by molar-refractivity contribution is 0.0953. The van der Waals surface area contributed by atoms with Crippen LogP contribution in [-0.2, 0) is 0 Å². The van der Waals surface area contributed by atoms with E-state index in [2.05, 4.69) is 16.6 Å². The van der Waals surface area contributed by atoms with Gasteiger partial charge >= 0.3 is 0 Å². The van der Waals surface area contributed by atoms with Gasteiger partial charge in [-0.05, 0) is 25.2 Å². The van der Waals surface area contributed by atoms with Crippen molar-refractivity contribution in [2.24, 2.45) is 0 Å². The Morgan fingerprint density at radius 2 is 2.44 bits per heavy atom. The Morgan fingerprint density at radius 3 is 3.00 bits per heavy atom. The lowest BCUT2D eigenvalue weighted by Gasteiger charge is -2.13. The lowest BCUT2D eigenvalue weighted by Crippen LogP contribution is -2.31.